The number of nitrogens with zero attached hydrogens (tertiary/aromatic N) is 2. The van der Waals surface area contributed by atoms with Gasteiger partial charge in [-0.25, -0.2) is 4.79 Å². The summed E-state index contributed by atoms with van der Waals surface area (Å²) in [6.07, 6.45) is 4.81. The molecule has 0 unspecified atom stereocenters. The van der Waals surface area contributed by atoms with E-state index in [9.17, 15) is 14.4 Å². The molecule has 2 heterocycles. The highest BCUT2D eigenvalue weighted by Crippen LogP contribution is 2.41. The number of imide groups is 1. The molecule has 0 spiro atoms. The van der Waals surface area contributed by atoms with E-state index in [4.69, 9.17) is 11.6 Å². The van der Waals surface area contributed by atoms with Crippen LogP contribution in [-0.4, -0.2) is 39.7 Å². The number of benzene rings is 1. The minimum Gasteiger partial charge on any atom is -0.349 e. The van der Waals surface area contributed by atoms with E-state index in [1.165, 1.54) is 6.20 Å². The molecular weight excluding hydrogens is 370 g/mol. The van der Waals surface area contributed by atoms with Gasteiger partial charge in [0.2, 0.25) is 0 Å². The lowest BCUT2D eigenvalue weighted by atomic mass is 9.93. The summed E-state index contributed by atoms with van der Waals surface area (Å²) in [5, 5.41) is 12.6. The van der Waals surface area contributed by atoms with Gasteiger partial charge < -0.3 is 10.6 Å². The van der Waals surface area contributed by atoms with Gasteiger partial charge in [0.1, 0.15) is 5.54 Å². The van der Waals surface area contributed by atoms with Crippen LogP contribution in [0.15, 0.2) is 36.7 Å². The fourth-order valence-corrected chi connectivity index (χ4v) is 3.43. The quantitative estimate of drug-likeness (QED) is 0.650. The smallest absolute Gasteiger partial charge is 0.322 e. The third-order valence-corrected chi connectivity index (χ3v) is 5.18. The number of carbonyl (C=O) groups is 3. The molecule has 0 bridgehead atoms. The second-order valence-corrected chi connectivity index (χ2v) is 7.33. The van der Waals surface area contributed by atoms with Crippen LogP contribution in [0.25, 0.3) is 0 Å². The van der Waals surface area contributed by atoms with Gasteiger partial charge in [0.05, 0.1) is 24.8 Å². The molecule has 1 atom stereocenters. The topological polar surface area (TPSA) is 105 Å². The third kappa shape index (κ3) is 3.52. The summed E-state index contributed by atoms with van der Waals surface area (Å²) in [4.78, 5) is 36.2. The van der Waals surface area contributed by atoms with Crippen molar-refractivity contribution in [1.82, 2.24) is 25.7 Å². The van der Waals surface area contributed by atoms with Crippen molar-refractivity contribution in [3.8, 4) is 0 Å². The van der Waals surface area contributed by atoms with Crippen molar-refractivity contribution < 1.29 is 14.4 Å². The van der Waals surface area contributed by atoms with Crippen molar-refractivity contribution >= 4 is 29.4 Å². The van der Waals surface area contributed by atoms with Crippen LogP contribution in [0.1, 0.15) is 28.8 Å². The fourth-order valence-electron chi connectivity index (χ4n) is 3.30. The average Bonchev–Trinajstić information content (AvgIpc) is 3.32. The van der Waals surface area contributed by atoms with Crippen molar-refractivity contribution in [2.75, 3.05) is 6.54 Å². The Morgan fingerprint density at radius 2 is 2.04 bits per heavy atom. The molecule has 4 amide bonds. The monoisotopic (exact) mass is 387 g/mol. The maximum atomic E-state index is 12.5. The van der Waals surface area contributed by atoms with Gasteiger partial charge in [0, 0.05) is 11.2 Å². The van der Waals surface area contributed by atoms with E-state index >= 15 is 0 Å². The lowest BCUT2D eigenvalue weighted by molar-refractivity contribution is -0.124. The highest BCUT2D eigenvalue weighted by Gasteiger charge is 2.56. The molecule has 2 aliphatic rings. The maximum absolute atomic E-state index is 12.5. The Labute approximate surface area is 160 Å². The molecule has 1 saturated heterocycles. The first kappa shape index (κ1) is 17.5. The third-order valence-electron chi connectivity index (χ3n) is 4.92. The van der Waals surface area contributed by atoms with Crippen LogP contribution in [0.5, 0.6) is 0 Å². The molecule has 1 saturated carbocycles. The van der Waals surface area contributed by atoms with E-state index in [0.29, 0.717) is 17.1 Å². The predicted octanol–water partition coefficient (Wildman–Crippen LogP) is 1.30. The molecule has 4 rings (SSSR count). The number of carbonyl (C=O) groups excluding carboxylic acids is 3. The molecule has 0 radical (unpaired) electrons. The Kier molecular flexibility index (Phi) is 4.35. The summed E-state index contributed by atoms with van der Waals surface area (Å²) < 4.78 is 1.65. The van der Waals surface area contributed by atoms with Crippen LogP contribution in [0.3, 0.4) is 0 Å². The zero-order valence-electron chi connectivity index (χ0n) is 14.4. The Bertz CT molecular complexity index is 906. The van der Waals surface area contributed by atoms with E-state index in [0.717, 1.165) is 18.4 Å². The molecule has 1 aromatic heterocycles. The first-order valence-electron chi connectivity index (χ1n) is 8.65. The molecular formula is C18H18ClN5O3. The molecule has 8 nitrogen and oxygen atoms in total. The summed E-state index contributed by atoms with van der Waals surface area (Å²) in [5.41, 5.74) is 0.346. The largest absolute Gasteiger partial charge is 0.349 e. The van der Waals surface area contributed by atoms with Gasteiger partial charge in [-0.2, -0.15) is 5.10 Å². The van der Waals surface area contributed by atoms with E-state index in [1.807, 2.05) is 12.1 Å². The molecule has 1 aliphatic heterocycles. The summed E-state index contributed by atoms with van der Waals surface area (Å²) in [6, 6.07) is 6.87. The van der Waals surface area contributed by atoms with Crippen molar-refractivity contribution in [1.29, 1.82) is 0 Å². The van der Waals surface area contributed by atoms with Gasteiger partial charge in [-0.15, -0.1) is 0 Å². The fraction of sp³-hybridized carbons (Fsp3) is 0.333. The highest BCUT2D eigenvalue weighted by atomic mass is 35.5. The van der Waals surface area contributed by atoms with Gasteiger partial charge in [-0.3, -0.25) is 19.6 Å². The summed E-state index contributed by atoms with van der Waals surface area (Å²) >= 11 is 5.88. The van der Waals surface area contributed by atoms with E-state index in [2.05, 4.69) is 21.0 Å². The van der Waals surface area contributed by atoms with Gasteiger partial charge in [0.25, 0.3) is 11.8 Å². The zero-order valence-corrected chi connectivity index (χ0v) is 15.1. The number of aromatic nitrogens is 2. The Morgan fingerprint density at radius 3 is 2.67 bits per heavy atom. The Balaban J connectivity index is 1.40. The first-order chi connectivity index (χ1) is 13.0. The van der Waals surface area contributed by atoms with Crippen molar-refractivity contribution in [3.05, 3.63) is 52.8 Å². The minimum absolute atomic E-state index is 0.0520. The molecule has 9 heteroatoms. The number of hydrogen-bond donors (Lipinski definition) is 3. The molecule has 2 fully saturated rings. The number of urea groups is 1. The van der Waals surface area contributed by atoms with Crippen molar-refractivity contribution in [3.63, 3.8) is 0 Å². The molecule has 1 aliphatic carbocycles. The highest BCUT2D eigenvalue weighted by molar-refractivity contribution is 6.30. The minimum atomic E-state index is -1.05. The number of amides is 4. The normalized spacial score (nSPS) is 21.7. The first-order valence-corrected chi connectivity index (χ1v) is 9.03. The van der Waals surface area contributed by atoms with Crippen LogP contribution in [0.4, 0.5) is 4.79 Å². The summed E-state index contributed by atoms with van der Waals surface area (Å²) in [7, 11) is 0. The van der Waals surface area contributed by atoms with Crippen LogP contribution in [-0.2, 0) is 11.3 Å². The number of halogens is 1. The van der Waals surface area contributed by atoms with Gasteiger partial charge in [-0.1, -0.05) is 23.7 Å². The summed E-state index contributed by atoms with van der Waals surface area (Å²) in [5.74, 6) is -0.669. The lowest BCUT2D eigenvalue weighted by Gasteiger charge is -2.25. The Morgan fingerprint density at radius 1 is 1.30 bits per heavy atom. The van der Waals surface area contributed by atoms with E-state index in [1.54, 1.807) is 23.0 Å². The van der Waals surface area contributed by atoms with E-state index in [-0.39, 0.29) is 24.3 Å². The van der Waals surface area contributed by atoms with Crippen LogP contribution >= 0.6 is 11.6 Å². The lowest BCUT2D eigenvalue weighted by Crippen LogP contribution is -2.57. The van der Waals surface area contributed by atoms with Gasteiger partial charge in [-0.05, 0) is 36.5 Å². The number of hydrogen-bond acceptors (Lipinski definition) is 4. The molecule has 2 aromatic rings. The average molecular weight is 388 g/mol. The molecule has 27 heavy (non-hydrogen) atoms. The summed E-state index contributed by atoms with van der Waals surface area (Å²) in [6.45, 7) is 0.561. The van der Waals surface area contributed by atoms with Crippen LogP contribution < -0.4 is 16.0 Å². The zero-order chi connectivity index (χ0) is 19.0. The SMILES string of the molecule is O=C1NC(=O)[C@](CNC(=O)c2cnn(Cc3ccc(Cl)cc3)c2)(C2CC2)N1. The molecule has 3 N–H and O–H groups in total. The van der Waals surface area contributed by atoms with Crippen LogP contribution in [0.2, 0.25) is 5.02 Å². The number of rotatable bonds is 6. The van der Waals surface area contributed by atoms with Gasteiger partial charge >= 0.3 is 6.03 Å². The predicted molar refractivity (Wildman–Crippen MR) is 97.2 cm³/mol. The maximum Gasteiger partial charge on any atom is 0.322 e. The van der Waals surface area contributed by atoms with Crippen molar-refractivity contribution in [2.24, 2.45) is 5.92 Å². The number of nitrogens with one attached hydrogen (secondary N) is 3. The van der Waals surface area contributed by atoms with Crippen molar-refractivity contribution in [2.45, 2.75) is 24.9 Å². The molecule has 1 aromatic carbocycles. The second kappa shape index (κ2) is 6.70. The van der Waals surface area contributed by atoms with Gasteiger partial charge in [0.15, 0.2) is 0 Å². The standard InChI is InChI=1S/C18H18ClN5O3/c19-14-5-1-11(2-6-14)8-24-9-12(7-21-24)15(25)20-10-18(13-3-4-13)16(26)22-17(27)23-18/h1-2,5-7,9,13H,3-4,8,10H2,(H,20,25)(H2,22,23,26,27)/t18-/m0/s1. The molecule has 140 valence electrons. The second-order valence-electron chi connectivity index (χ2n) is 6.89. The van der Waals surface area contributed by atoms with E-state index < -0.39 is 11.6 Å². The van der Waals surface area contributed by atoms with Crippen LogP contribution in [0, 0.1) is 5.92 Å². The Hall–Kier alpha value is -2.87.